The van der Waals surface area contributed by atoms with Crippen molar-refractivity contribution in [3.8, 4) is 11.3 Å². The summed E-state index contributed by atoms with van der Waals surface area (Å²) in [5.74, 6) is -1.63. The molecule has 0 radical (unpaired) electrons. The number of imide groups is 1. The van der Waals surface area contributed by atoms with Gasteiger partial charge in [0.2, 0.25) is 17.6 Å². The average Bonchev–Trinajstić information content (AvgIpc) is 3.61. The fourth-order valence-corrected chi connectivity index (χ4v) is 6.44. The van der Waals surface area contributed by atoms with E-state index >= 15 is 0 Å². The molecule has 0 spiro atoms. The standard InChI is InChI=1S/C31H25ClN2O5S/c1-17-24(32)13-12-20-23(31(38)39-16-26(35)27-7-4-14-40-27)15-25(33-28(17)20)18-8-10-19(11-9-18)34-29(36)21-5-2-3-6-22(21)30(34)37/h4,7-15,21-22H,2-3,5-6,16H2,1H3. The highest BCUT2D eigenvalue weighted by Gasteiger charge is 2.48. The first-order chi connectivity index (χ1) is 19.3. The summed E-state index contributed by atoms with van der Waals surface area (Å²) in [6.45, 7) is 1.45. The van der Waals surface area contributed by atoms with Gasteiger partial charge in [0, 0.05) is 16.0 Å². The number of thiophene rings is 1. The van der Waals surface area contributed by atoms with Gasteiger partial charge in [0.15, 0.2) is 6.61 Å². The maximum atomic E-state index is 13.2. The second-order valence-electron chi connectivity index (χ2n) is 10.2. The van der Waals surface area contributed by atoms with E-state index in [-0.39, 0.29) is 41.6 Å². The van der Waals surface area contributed by atoms with Crippen molar-refractivity contribution in [3.63, 3.8) is 0 Å². The monoisotopic (exact) mass is 572 g/mol. The lowest BCUT2D eigenvalue weighted by Gasteiger charge is -2.19. The number of pyridine rings is 1. The maximum Gasteiger partial charge on any atom is 0.339 e. The van der Waals surface area contributed by atoms with Crippen LogP contribution in [-0.2, 0) is 14.3 Å². The number of carbonyl (C=O) groups excluding carboxylic acids is 4. The van der Waals surface area contributed by atoms with Crippen molar-refractivity contribution in [1.82, 2.24) is 4.98 Å². The van der Waals surface area contributed by atoms with Gasteiger partial charge in [-0.25, -0.2) is 9.78 Å². The summed E-state index contributed by atoms with van der Waals surface area (Å²) in [7, 11) is 0. The predicted octanol–water partition coefficient (Wildman–Crippen LogP) is 6.64. The van der Waals surface area contributed by atoms with E-state index in [0.29, 0.717) is 43.3 Å². The van der Waals surface area contributed by atoms with E-state index in [0.717, 1.165) is 25.7 Å². The molecular weight excluding hydrogens is 548 g/mol. The molecule has 1 aliphatic carbocycles. The van der Waals surface area contributed by atoms with Crippen molar-refractivity contribution in [2.24, 2.45) is 11.8 Å². The Balaban J connectivity index is 1.33. The first kappa shape index (κ1) is 26.3. The first-order valence-electron chi connectivity index (χ1n) is 13.2. The summed E-state index contributed by atoms with van der Waals surface area (Å²) in [5, 5.41) is 2.86. The number of rotatable bonds is 6. The summed E-state index contributed by atoms with van der Waals surface area (Å²) >= 11 is 7.67. The van der Waals surface area contributed by atoms with Gasteiger partial charge >= 0.3 is 5.97 Å². The smallest absolute Gasteiger partial charge is 0.339 e. The molecule has 1 saturated carbocycles. The Bertz CT molecular complexity index is 1640. The summed E-state index contributed by atoms with van der Waals surface area (Å²) in [4.78, 5) is 58.3. The molecule has 2 unspecified atom stereocenters. The number of aryl methyl sites for hydroxylation is 1. The number of aromatic nitrogens is 1. The van der Waals surface area contributed by atoms with Gasteiger partial charge in [0.1, 0.15) is 0 Å². The Morgan fingerprint density at radius 2 is 1.73 bits per heavy atom. The van der Waals surface area contributed by atoms with Crippen LogP contribution in [0.5, 0.6) is 0 Å². The highest BCUT2D eigenvalue weighted by atomic mass is 35.5. The van der Waals surface area contributed by atoms with Crippen LogP contribution in [0.25, 0.3) is 22.2 Å². The minimum Gasteiger partial charge on any atom is -0.454 e. The third-order valence-corrected chi connectivity index (χ3v) is 9.10. The third-order valence-electron chi connectivity index (χ3n) is 7.78. The summed E-state index contributed by atoms with van der Waals surface area (Å²) in [6.07, 6.45) is 3.45. The number of hydrogen-bond donors (Lipinski definition) is 0. The Morgan fingerprint density at radius 3 is 2.38 bits per heavy atom. The number of ketones is 1. The minimum atomic E-state index is -0.646. The fourth-order valence-electron chi connectivity index (χ4n) is 5.64. The van der Waals surface area contributed by atoms with Crippen LogP contribution in [0.4, 0.5) is 5.69 Å². The normalized spacial score (nSPS) is 18.7. The number of nitrogens with zero attached hydrogens (tertiary/aromatic N) is 2. The van der Waals surface area contributed by atoms with Gasteiger partial charge < -0.3 is 4.74 Å². The molecule has 3 heterocycles. The van der Waals surface area contributed by atoms with Crippen LogP contribution < -0.4 is 4.90 Å². The molecule has 1 saturated heterocycles. The number of esters is 1. The summed E-state index contributed by atoms with van der Waals surface area (Å²) in [5.41, 5.74) is 3.22. The van der Waals surface area contributed by atoms with Gasteiger partial charge in [-0.05, 0) is 61.0 Å². The molecule has 1 aliphatic heterocycles. The van der Waals surface area contributed by atoms with Crippen LogP contribution in [-0.4, -0.2) is 35.2 Å². The molecular formula is C31H25ClN2O5S. The van der Waals surface area contributed by atoms with Crippen LogP contribution in [0.3, 0.4) is 0 Å². The molecule has 202 valence electrons. The lowest BCUT2D eigenvalue weighted by molar-refractivity contribution is -0.122. The van der Waals surface area contributed by atoms with E-state index in [2.05, 4.69) is 0 Å². The number of Topliss-reactive ketones (excluding diaryl/α,β-unsaturated/α-hetero) is 1. The minimum absolute atomic E-state index is 0.126. The van der Waals surface area contributed by atoms with E-state index in [1.165, 1.54) is 16.2 Å². The second-order valence-corrected chi connectivity index (χ2v) is 11.5. The largest absolute Gasteiger partial charge is 0.454 e. The summed E-state index contributed by atoms with van der Waals surface area (Å²) in [6, 6.07) is 15.5. The molecule has 7 nitrogen and oxygen atoms in total. The van der Waals surface area contributed by atoms with Gasteiger partial charge in [0.05, 0.1) is 39.2 Å². The highest BCUT2D eigenvalue weighted by molar-refractivity contribution is 7.12. The fraction of sp³-hybridized carbons (Fsp3) is 0.258. The van der Waals surface area contributed by atoms with Crippen molar-refractivity contribution >= 4 is 63.1 Å². The lowest BCUT2D eigenvalue weighted by Crippen LogP contribution is -2.30. The Hall–Kier alpha value is -3.88. The molecule has 2 fully saturated rings. The SMILES string of the molecule is Cc1c(Cl)ccc2c(C(=O)OCC(=O)c3cccs3)cc(-c3ccc(N4C(=O)C5CCCCC5C4=O)cc3)nc12. The van der Waals surface area contributed by atoms with E-state index < -0.39 is 5.97 Å². The predicted molar refractivity (Wildman–Crippen MR) is 154 cm³/mol. The van der Waals surface area contributed by atoms with Gasteiger partial charge in [-0.15, -0.1) is 11.3 Å². The molecule has 2 aromatic carbocycles. The van der Waals surface area contributed by atoms with E-state index in [9.17, 15) is 19.2 Å². The molecule has 2 aromatic heterocycles. The zero-order valence-electron chi connectivity index (χ0n) is 21.7. The van der Waals surface area contributed by atoms with Crippen LogP contribution in [0, 0.1) is 18.8 Å². The van der Waals surface area contributed by atoms with Crippen LogP contribution >= 0.6 is 22.9 Å². The van der Waals surface area contributed by atoms with Gasteiger partial charge in [0.25, 0.3) is 0 Å². The molecule has 0 bridgehead atoms. The van der Waals surface area contributed by atoms with Crippen molar-refractivity contribution < 1.29 is 23.9 Å². The van der Waals surface area contributed by atoms with Crippen molar-refractivity contribution in [1.29, 1.82) is 0 Å². The lowest BCUT2D eigenvalue weighted by atomic mass is 9.81. The molecule has 2 amide bonds. The molecule has 2 aliphatic rings. The zero-order valence-corrected chi connectivity index (χ0v) is 23.3. The van der Waals surface area contributed by atoms with Crippen molar-refractivity contribution in [3.05, 3.63) is 81.0 Å². The zero-order chi connectivity index (χ0) is 28.0. The molecule has 4 aromatic rings. The number of anilines is 1. The van der Waals surface area contributed by atoms with Crippen LogP contribution in [0.1, 0.15) is 51.3 Å². The number of halogens is 1. The number of fused-ring (bicyclic) bond motifs is 2. The highest BCUT2D eigenvalue weighted by Crippen LogP contribution is 2.40. The molecule has 2 atom stereocenters. The van der Waals surface area contributed by atoms with Gasteiger partial charge in [-0.1, -0.05) is 48.7 Å². The van der Waals surface area contributed by atoms with Gasteiger partial charge in [-0.2, -0.15) is 0 Å². The van der Waals surface area contributed by atoms with Crippen LogP contribution in [0.2, 0.25) is 5.02 Å². The number of hydrogen-bond acceptors (Lipinski definition) is 7. The number of ether oxygens (including phenoxy) is 1. The Kier molecular flexibility index (Phi) is 6.98. The third kappa shape index (κ3) is 4.61. The van der Waals surface area contributed by atoms with E-state index in [1.54, 1.807) is 60.0 Å². The van der Waals surface area contributed by atoms with Crippen molar-refractivity contribution in [2.75, 3.05) is 11.5 Å². The van der Waals surface area contributed by atoms with E-state index in [1.807, 2.05) is 6.92 Å². The second kappa shape index (κ2) is 10.6. The van der Waals surface area contributed by atoms with Crippen LogP contribution in [0.15, 0.2) is 60.0 Å². The Labute approximate surface area is 239 Å². The topological polar surface area (TPSA) is 93.6 Å². The quantitative estimate of drug-likeness (QED) is 0.146. The van der Waals surface area contributed by atoms with E-state index in [4.69, 9.17) is 21.3 Å². The first-order valence-corrected chi connectivity index (χ1v) is 14.4. The molecule has 9 heteroatoms. The number of amides is 2. The summed E-state index contributed by atoms with van der Waals surface area (Å²) < 4.78 is 5.42. The molecule has 6 rings (SSSR count). The average molecular weight is 573 g/mol. The maximum absolute atomic E-state index is 13.2. The number of carbonyl (C=O) groups is 4. The van der Waals surface area contributed by atoms with Gasteiger partial charge in [-0.3, -0.25) is 19.3 Å². The molecule has 0 N–H and O–H groups in total. The Morgan fingerprint density at radius 1 is 1.02 bits per heavy atom. The molecule has 40 heavy (non-hydrogen) atoms. The van der Waals surface area contributed by atoms with Crippen molar-refractivity contribution in [2.45, 2.75) is 32.6 Å². The number of benzene rings is 2.